The second-order valence-electron chi connectivity index (χ2n) is 5.60. The molecule has 0 saturated heterocycles. The zero-order valence-corrected chi connectivity index (χ0v) is 14.7. The first-order valence-electron chi connectivity index (χ1n) is 8.03. The third kappa shape index (κ3) is 4.37. The summed E-state index contributed by atoms with van der Waals surface area (Å²) in [7, 11) is 1.57. The van der Waals surface area contributed by atoms with Crippen molar-refractivity contribution in [1.29, 1.82) is 0 Å². The summed E-state index contributed by atoms with van der Waals surface area (Å²) in [6, 6.07) is 10.9. The average Bonchev–Trinajstić information content (AvgIpc) is 2.86. The summed E-state index contributed by atoms with van der Waals surface area (Å²) in [6.45, 7) is 1.25. The van der Waals surface area contributed by atoms with Gasteiger partial charge in [-0.25, -0.2) is 0 Å². The number of esters is 1. The Morgan fingerprint density at radius 3 is 2.84 bits per heavy atom. The van der Waals surface area contributed by atoms with Gasteiger partial charge in [0.05, 0.1) is 31.8 Å². The lowest BCUT2D eigenvalue weighted by Gasteiger charge is -2.12. The SMILES string of the molecule is COc1ccccc1CC(=O)OCc1cc(Cl)c2c(c1)OCCCO2. The van der Waals surface area contributed by atoms with Crippen molar-refractivity contribution in [2.75, 3.05) is 20.3 Å². The largest absolute Gasteiger partial charge is 0.496 e. The highest BCUT2D eigenvalue weighted by atomic mass is 35.5. The molecule has 6 heteroatoms. The molecule has 132 valence electrons. The maximum atomic E-state index is 12.1. The van der Waals surface area contributed by atoms with Crippen molar-refractivity contribution in [3.8, 4) is 17.2 Å². The van der Waals surface area contributed by atoms with Crippen LogP contribution < -0.4 is 14.2 Å². The van der Waals surface area contributed by atoms with Gasteiger partial charge in [-0.3, -0.25) is 4.79 Å². The van der Waals surface area contributed by atoms with Crippen LogP contribution in [0.1, 0.15) is 17.5 Å². The zero-order valence-electron chi connectivity index (χ0n) is 13.9. The highest BCUT2D eigenvalue weighted by Gasteiger charge is 2.16. The summed E-state index contributed by atoms with van der Waals surface area (Å²) in [5.74, 6) is 1.45. The van der Waals surface area contributed by atoms with Gasteiger partial charge in [0.15, 0.2) is 11.5 Å². The first-order valence-corrected chi connectivity index (χ1v) is 8.40. The third-order valence-corrected chi connectivity index (χ3v) is 4.07. The molecule has 0 radical (unpaired) electrons. The number of carbonyl (C=O) groups excluding carboxylic acids is 1. The van der Waals surface area contributed by atoms with Crippen molar-refractivity contribution in [3.05, 3.63) is 52.5 Å². The molecule has 0 spiro atoms. The van der Waals surface area contributed by atoms with Gasteiger partial charge >= 0.3 is 5.97 Å². The maximum Gasteiger partial charge on any atom is 0.310 e. The number of para-hydroxylation sites is 1. The Morgan fingerprint density at radius 2 is 2.00 bits per heavy atom. The molecule has 0 aliphatic carbocycles. The fourth-order valence-electron chi connectivity index (χ4n) is 2.59. The highest BCUT2D eigenvalue weighted by molar-refractivity contribution is 6.32. The summed E-state index contributed by atoms with van der Waals surface area (Å²) >= 11 is 6.24. The molecule has 1 heterocycles. The number of hydrogen-bond donors (Lipinski definition) is 0. The smallest absolute Gasteiger partial charge is 0.310 e. The van der Waals surface area contributed by atoms with E-state index in [0.717, 1.165) is 17.5 Å². The van der Waals surface area contributed by atoms with Gasteiger partial charge in [-0.1, -0.05) is 29.8 Å². The van der Waals surface area contributed by atoms with Gasteiger partial charge in [-0.15, -0.1) is 0 Å². The summed E-state index contributed by atoms with van der Waals surface area (Å²) in [6.07, 6.45) is 0.941. The molecule has 0 amide bonds. The van der Waals surface area contributed by atoms with Gasteiger partial charge in [0.2, 0.25) is 0 Å². The Labute approximate surface area is 151 Å². The minimum atomic E-state index is -0.340. The van der Waals surface area contributed by atoms with Crippen LogP contribution in [0.15, 0.2) is 36.4 Å². The van der Waals surface area contributed by atoms with Crippen LogP contribution in [0.3, 0.4) is 0 Å². The Hall–Kier alpha value is -2.40. The number of hydrogen-bond acceptors (Lipinski definition) is 5. The van der Waals surface area contributed by atoms with Crippen LogP contribution in [0.2, 0.25) is 5.02 Å². The zero-order chi connectivity index (χ0) is 17.6. The number of halogens is 1. The molecule has 1 aliphatic heterocycles. The van der Waals surface area contributed by atoms with Gasteiger partial charge < -0.3 is 18.9 Å². The topological polar surface area (TPSA) is 54.0 Å². The molecule has 0 N–H and O–H groups in total. The molecule has 0 aromatic heterocycles. The van der Waals surface area contributed by atoms with Gasteiger partial charge in [0.1, 0.15) is 12.4 Å². The van der Waals surface area contributed by atoms with E-state index in [1.807, 2.05) is 24.3 Å². The number of rotatable bonds is 5. The summed E-state index contributed by atoms with van der Waals surface area (Å²) in [5.41, 5.74) is 1.54. The molecule has 3 rings (SSSR count). The molecule has 1 aliphatic rings. The Morgan fingerprint density at radius 1 is 1.20 bits per heavy atom. The van der Waals surface area contributed by atoms with E-state index >= 15 is 0 Å². The number of fused-ring (bicyclic) bond motifs is 1. The molecule has 0 saturated carbocycles. The fourth-order valence-corrected chi connectivity index (χ4v) is 2.87. The van der Waals surface area contributed by atoms with Gasteiger partial charge in [0, 0.05) is 12.0 Å². The number of benzene rings is 2. The molecule has 25 heavy (non-hydrogen) atoms. The maximum absolute atomic E-state index is 12.1. The molecule has 2 aromatic rings. The lowest BCUT2D eigenvalue weighted by atomic mass is 10.1. The van der Waals surface area contributed by atoms with Crippen LogP contribution >= 0.6 is 11.6 Å². The minimum Gasteiger partial charge on any atom is -0.496 e. The van der Waals surface area contributed by atoms with Crippen LogP contribution in [-0.2, 0) is 22.6 Å². The van der Waals surface area contributed by atoms with Gasteiger partial charge in [0.25, 0.3) is 0 Å². The molecule has 0 fully saturated rings. The Balaban J connectivity index is 1.64. The predicted octanol–water partition coefficient (Wildman–Crippen LogP) is 3.80. The van der Waals surface area contributed by atoms with Crippen molar-refractivity contribution in [1.82, 2.24) is 0 Å². The van der Waals surface area contributed by atoms with Gasteiger partial charge in [-0.2, -0.15) is 0 Å². The molecule has 5 nitrogen and oxygen atoms in total. The second kappa shape index (κ2) is 8.12. The molecule has 0 bridgehead atoms. The van der Waals surface area contributed by atoms with Crippen molar-refractivity contribution >= 4 is 17.6 Å². The van der Waals surface area contributed by atoms with E-state index in [2.05, 4.69) is 0 Å². The van der Waals surface area contributed by atoms with E-state index in [4.69, 9.17) is 30.5 Å². The van der Waals surface area contributed by atoms with Crippen LogP contribution in [0.4, 0.5) is 0 Å². The molecular weight excluding hydrogens is 344 g/mol. The van der Waals surface area contributed by atoms with Crippen LogP contribution in [0.25, 0.3) is 0 Å². The van der Waals surface area contributed by atoms with Crippen LogP contribution in [-0.4, -0.2) is 26.3 Å². The molecule has 0 unspecified atom stereocenters. The monoisotopic (exact) mass is 362 g/mol. The van der Waals surface area contributed by atoms with E-state index < -0.39 is 0 Å². The van der Waals surface area contributed by atoms with Gasteiger partial charge in [-0.05, 0) is 23.8 Å². The first kappa shape index (κ1) is 17.4. The quantitative estimate of drug-likeness (QED) is 0.757. The highest BCUT2D eigenvalue weighted by Crippen LogP contribution is 2.38. The number of carbonyl (C=O) groups is 1. The lowest BCUT2D eigenvalue weighted by Crippen LogP contribution is -2.09. The van der Waals surface area contributed by atoms with E-state index in [0.29, 0.717) is 35.5 Å². The van der Waals surface area contributed by atoms with E-state index in [1.54, 1.807) is 19.2 Å². The normalized spacial score (nSPS) is 13.0. The Bertz CT molecular complexity index is 759. The predicted molar refractivity (Wildman–Crippen MR) is 93.6 cm³/mol. The summed E-state index contributed by atoms with van der Waals surface area (Å²) in [5, 5.41) is 0.454. The van der Waals surface area contributed by atoms with Crippen molar-refractivity contribution < 1.29 is 23.7 Å². The standard InChI is InChI=1S/C19H19ClO5/c1-22-16-6-3-2-5-14(16)11-18(21)25-12-13-9-15(20)19-17(10-13)23-7-4-8-24-19/h2-3,5-6,9-10H,4,7-8,11-12H2,1H3. The van der Waals surface area contributed by atoms with Crippen molar-refractivity contribution in [2.24, 2.45) is 0 Å². The molecular formula is C19H19ClO5. The lowest BCUT2D eigenvalue weighted by molar-refractivity contribution is -0.144. The van der Waals surface area contributed by atoms with Crippen molar-refractivity contribution in [3.63, 3.8) is 0 Å². The van der Waals surface area contributed by atoms with E-state index in [9.17, 15) is 4.79 Å². The third-order valence-electron chi connectivity index (χ3n) is 3.79. The van der Waals surface area contributed by atoms with Crippen LogP contribution in [0, 0.1) is 0 Å². The Kier molecular flexibility index (Phi) is 5.66. The average molecular weight is 363 g/mol. The van der Waals surface area contributed by atoms with E-state index in [1.165, 1.54) is 0 Å². The fraction of sp³-hybridized carbons (Fsp3) is 0.316. The minimum absolute atomic E-state index is 0.115. The van der Waals surface area contributed by atoms with Crippen LogP contribution in [0.5, 0.6) is 17.2 Å². The van der Waals surface area contributed by atoms with E-state index in [-0.39, 0.29) is 19.0 Å². The number of methoxy groups -OCH3 is 1. The summed E-state index contributed by atoms with van der Waals surface area (Å²) < 4.78 is 21.8. The van der Waals surface area contributed by atoms with Crippen molar-refractivity contribution in [2.45, 2.75) is 19.4 Å². The molecule has 0 atom stereocenters. The molecule has 2 aromatic carbocycles. The summed E-state index contributed by atoms with van der Waals surface area (Å²) in [4.78, 5) is 12.1. The number of ether oxygens (including phenoxy) is 4. The first-order chi connectivity index (χ1) is 12.2. The second-order valence-corrected chi connectivity index (χ2v) is 6.01.